The molecule has 0 N–H and O–H groups in total. The molecule has 2 aromatic rings. The van der Waals surface area contributed by atoms with Crippen LogP contribution in [0.3, 0.4) is 0 Å². The molecule has 8 nitrogen and oxygen atoms in total. The number of hydrogen-bond donors (Lipinski definition) is 0. The first-order valence-electron chi connectivity index (χ1n) is 10.6. The van der Waals surface area contributed by atoms with Gasteiger partial charge in [-0.15, -0.1) is 0 Å². The summed E-state index contributed by atoms with van der Waals surface area (Å²) < 4.78 is 11.5. The van der Waals surface area contributed by atoms with Gasteiger partial charge in [0.2, 0.25) is 12.0 Å². The van der Waals surface area contributed by atoms with Gasteiger partial charge in [-0.1, -0.05) is 35.3 Å². The second-order valence-electron chi connectivity index (χ2n) is 8.14. The van der Waals surface area contributed by atoms with E-state index < -0.39 is 12.1 Å². The Morgan fingerprint density at radius 3 is 2.30 bits per heavy atom. The Hall–Kier alpha value is -2.81. The van der Waals surface area contributed by atoms with E-state index >= 15 is 0 Å². The Labute approximate surface area is 200 Å². The van der Waals surface area contributed by atoms with Crippen LogP contribution in [0.1, 0.15) is 6.42 Å². The fraction of sp³-hybridized carbons (Fsp3) is 0.348. The van der Waals surface area contributed by atoms with Crippen molar-refractivity contribution in [3.63, 3.8) is 0 Å². The molecule has 2 fully saturated rings. The molecule has 2 atom stereocenters. The lowest BCUT2D eigenvalue weighted by molar-refractivity contribution is -0.143. The summed E-state index contributed by atoms with van der Waals surface area (Å²) >= 11 is 12.1. The summed E-state index contributed by atoms with van der Waals surface area (Å²) in [6.07, 6.45) is -0.628. The molecule has 0 spiro atoms. The van der Waals surface area contributed by atoms with Crippen LogP contribution in [0.4, 0.5) is 5.69 Å². The van der Waals surface area contributed by atoms with Crippen molar-refractivity contribution < 1.29 is 23.9 Å². The number of carbonyl (C=O) groups excluding carboxylic acids is 3. The summed E-state index contributed by atoms with van der Waals surface area (Å²) in [4.78, 5) is 43.5. The molecule has 172 valence electrons. The lowest BCUT2D eigenvalue weighted by Gasteiger charge is -2.38. The van der Waals surface area contributed by atoms with Gasteiger partial charge >= 0.3 is 0 Å². The van der Waals surface area contributed by atoms with E-state index in [4.69, 9.17) is 32.7 Å². The smallest absolute Gasteiger partial charge is 0.267 e. The normalized spacial score (nSPS) is 23.2. The highest BCUT2D eigenvalue weighted by molar-refractivity contribution is 6.35. The number of para-hydroxylation sites is 2. The van der Waals surface area contributed by atoms with Crippen molar-refractivity contribution in [1.82, 2.24) is 9.80 Å². The lowest BCUT2D eigenvalue weighted by atomic mass is 10.1. The Kier molecular flexibility index (Phi) is 5.90. The van der Waals surface area contributed by atoms with Crippen molar-refractivity contribution >= 4 is 46.6 Å². The van der Waals surface area contributed by atoms with Crippen molar-refractivity contribution in [2.75, 3.05) is 37.7 Å². The van der Waals surface area contributed by atoms with Crippen molar-refractivity contribution in [3.05, 3.63) is 52.5 Å². The highest BCUT2D eigenvalue weighted by Gasteiger charge is 2.44. The molecular weight excluding hydrogens is 469 g/mol. The van der Waals surface area contributed by atoms with Crippen molar-refractivity contribution in [2.45, 2.75) is 18.6 Å². The molecule has 3 amide bonds. The average molecular weight is 490 g/mol. The molecule has 33 heavy (non-hydrogen) atoms. The molecule has 2 saturated heterocycles. The fourth-order valence-corrected chi connectivity index (χ4v) is 4.95. The van der Waals surface area contributed by atoms with Crippen LogP contribution in [0.5, 0.6) is 11.5 Å². The molecule has 0 radical (unpaired) electrons. The van der Waals surface area contributed by atoms with Crippen LogP contribution in [-0.4, -0.2) is 72.5 Å². The van der Waals surface area contributed by atoms with E-state index in [9.17, 15) is 14.4 Å². The van der Waals surface area contributed by atoms with Crippen molar-refractivity contribution in [1.29, 1.82) is 0 Å². The van der Waals surface area contributed by atoms with Crippen molar-refractivity contribution in [2.24, 2.45) is 0 Å². The number of hydrogen-bond acceptors (Lipinski definition) is 6. The topological polar surface area (TPSA) is 79.4 Å². The van der Waals surface area contributed by atoms with E-state index in [1.165, 1.54) is 0 Å². The molecule has 2 aromatic carbocycles. The predicted octanol–water partition coefficient (Wildman–Crippen LogP) is 2.61. The van der Waals surface area contributed by atoms with E-state index in [2.05, 4.69) is 0 Å². The van der Waals surface area contributed by atoms with Crippen LogP contribution in [0, 0.1) is 0 Å². The number of rotatable bonds is 3. The average Bonchev–Trinajstić information content (AvgIpc) is 3.11. The number of amides is 3. The first kappa shape index (κ1) is 22.0. The van der Waals surface area contributed by atoms with E-state index in [1.807, 2.05) is 17.0 Å². The quantitative estimate of drug-likeness (QED) is 0.616. The van der Waals surface area contributed by atoms with Crippen LogP contribution < -0.4 is 14.4 Å². The van der Waals surface area contributed by atoms with Crippen LogP contribution in [-0.2, 0) is 14.4 Å². The third-order valence-corrected chi connectivity index (χ3v) is 6.52. The van der Waals surface area contributed by atoms with Gasteiger partial charge in [0, 0.05) is 36.2 Å². The summed E-state index contributed by atoms with van der Waals surface area (Å²) in [5.41, 5.74) is 0.369. The van der Waals surface area contributed by atoms with Gasteiger partial charge in [-0.3, -0.25) is 19.3 Å². The number of ether oxygens (including phenoxy) is 2. The molecule has 3 heterocycles. The second-order valence-corrected chi connectivity index (χ2v) is 9.01. The second kappa shape index (κ2) is 8.85. The molecule has 0 aromatic heterocycles. The minimum absolute atomic E-state index is 0.0767. The molecule has 5 rings (SSSR count). The summed E-state index contributed by atoms with van der Waals surface area (Å²) in [6.45, 7) is 1.97. The first-order valence-corrected chi connectivity index (χ1v) is 11.4. The zero-order chi connectivity index (χ0) is 23.1. The van der Waals surface area contributed by atoms with E-state index in [0.29, 0.717) is 53.4 Å². The van der Waals surface area contributed by atoms with Gasteiger partial charge in [0.05, 0.1) is 18.2 Å². The molecular formula is C23H21Cl2N3O5. The lowest BCUT2D eigenvalue weighted by Crippen LogP contribution is -2.57. The van der Waals surface area contributed by atoms with Gasteiger partial charge in [0.15, 0.2) is 11.5 Å². The first-order chi connectivity index (χ1) is 15.9. The molecule has 3 aliphatic rings. The summed E-state index contributed by atoms with van der Waals surface area (Å²) in [6, 6.07) is 11.3. The van der Waals surface area contributed by atoms with Gasteiger partial charge < -0.3 is 14.4 Å². The van der Waals surface area contributed by atoms with Crippen LogP contribution >= 0.6 is 23.2 Å². The van der Waals surface area contributed by atoms with Gasteiger partial charge in [0.25, 0.3) is 11.8 Å². The number of carbonyl (C=O) groups is 3. The predicted molar refractivity (Wildman–Crippen MR) is 122 cm³/mol. The molecule has 0 bridgehead atoms. The summed E-state index contributed by atoms with van der Waals surface area (Å²) in [7, 11) is 0. The Morgan fingerprint density at radius 1 is 0.939 bits per heavy atom. The van der Waals surface area contributed by atoms with Crippen LogP contribution in [0.25, 0.3) is 0 Å². The number of piperazine rings is 1. The highest BCUT2D eigenvalue weighted by Crippen LogP contribution is 2.32. The Bertz CT molecular complexity index is 1100. The third-order valence-electron chi connectivity index (χ3n) is 6.08. The summed E-state index contributed by atoms with van der Waals surface area (Å²) in [5, 5.41) is 0.704. The number of halogens is 2. The maximum Gasteiger partial charge on any atom is 0.267 e. The largest absolute Gasteiger partial charge is 0.485 e. The number of imide groups is 1. The molecule has 0 unspecified atom stereocenters. The molecule has 10 heteroatoms. The third kappa shape index (κ3) is 4.26. The van der Waals surface area contributed by atoms with E-state index in [0.717, 1.165) is 4.90 Å². The summed E-state index contributed by atoms with van der Waals surface area (Å²) in [5.74, 6) is 0.429. The zero-order valence-electron chi connectivity index (χ0n) is 17.6. The van der Waals surface area contributed by atoms with Crippen LogP contribution in [0.15, 0.2) is 42.5 Å². The minimum Gasteiger partial charge on any atom is -0.485 e. The minimum atomic E-state index is -0.704. The van der Waals surface area contributed by atoms with Gasteiger partial charge in [-0.05, 0) is 30.3 Å². The van der Waals surface area contributed by atoms with Crippen LogP contribution in [0.2, 0.25) is 10.0 Å². The SMILES string of the molecule is O=C([C@@H]1COc2ccccc2O1)N1CCN([C@@H]2CC(=O)N(c3cc(Cl)cc(Cl)c3)C2=O)CC1. The molecule has 3 aliphatic heterocycles. The number of anilines is 1. The van der Waals surface area contributed by atoms with Gasteiger partial charge in [0.1, 0.15) is 6.61 Å². The van der Waals surface area contributed by atoms with E-state index in [1.54, 1.807) is 35.2 Å². The number of nitrogens with zero attached hydrogens (tertiary/aromatic N) is 3. The fourth-order valence-electron chi connectivity index (χ4n) is 4.44. The van der Waals surface area contributed by atoms with Gasteiger partial charge in [-0.25, -0.2) is 4.90 Å². The van der Waals surface area contributed by atoms with Crippen molar-refractivity contribution in [3.8, 4) is 11.5 Å². The highest BCUT2D eigenvalue weighted by atomic mass is 35.5. The number of benzene rings is 2. The Morgan fingerprint density at radius 2 is 1.61 bits per heavy atom. The molecule has 0 aliphatic carbocycles. The monoisotopic (exact) mass is 489 g/mol. The molecule has 0 saturated carbocycles. The number of fused-ring (bicyclic) bond motifs is 1. The maximum atomic E-state index is 13.1. The maximum absolute atomic E-state index is 13.1. The van der Waals surface area contributed by atoms with Gasteiger partial charge in [-0.2, -0.15) is 0 Å². The zero-order valence-corrected chi connectivity index (χ0v) is 19.1. The Balaban J connectivity index is 1.21. The standard InChI is InChI=1S/C23H21Cl2N3O5/c24-14-9-15(25)11-16(10-14)28-21(29)12-17(22(28)30)26-5-7-27(8-6-26)23(31)20-13-32-18-3-1-2-4-19(18)33-20/h1-4,9-11,17,20H,5-8,12-13H2/t17-,20+/m1/s1. The van der Waals surface area contributed by atoms with E-state index in [-0.39, 0.29) is 30.7 Å².